The molecule has 0 aliphatic carbocycles. The van der Waals surface area contributed by atoms with Crippen molar-refractivity contribution in [3.63, 3.8) is 0 Å². The third-order valence-corrected chi connectivity index (χ3v) is 1.63. The van der Waals surface area contributed by atoms with Crippen molar-refractivity contribution >= 4 is 28.7 Å². The summed E-state index contributed by atoms with van der Waals surface area (Å²) in [7, 11) is 0. The topological polar surface area (TPSA) is 52.4 Å². The molecular weight excluding hydrogens is 261 g/mol. The summed E-state index contributed by atoms with van der Waals surface area (Å²) in [5.41, 5.74) is 0.0409. The van der Waals surface area contributed by atoms with E-state index in [1.54, 1.807) is 35.1 Å². The van der Waals surface area contributed by atoms with E-state index < -0.39 is 4.92 Å². The van der Waals surface area contributed by atoms with Gasteiger partial charge in [0.05, 0.1) is 11.0 Å². The van der Waals surface area contributed by atoms with Gasteiger partial charge in [0.15, 0.2) is 23.0 Å². The van der Waals surface area contributed by atoms with Gasteiger partial charge in [0.2, 0.25) is 0 Å². The minimum atomic E-state index is -0.459. The van der Waals surface area contributed by atoms with E-state index in [4.69, 9.17) is 3.07 Å². The third-order valence-electron chi connectivity index (χ3n) is 1.12. The molecule has 0 aromatic heterocycles. The monoisotopic (exact) mass is 265 g/mol. The van der Waals surface area contributed by atoms with Crippen molar-refractivity contribution in [3.05, 3.63) is 34.4 Å². The van der Waals surface area contributed by atoms with Crippen molar-refractivity contribution < 1.29 is 7.99 Å². The average Bonchev–Trinajstić information content (AvgIpc) is 2.05. The third kappa shape index (κ3) is 2.04. The van der Waals surface area contributed by atoms with E-state index in [1.165, 1.54) is 12.1 Å². The van der Waals surface area contributed by atoms with Gasteiger partial charge in [-0.2, -0.15) is 0 Å². The summed E-state index contributed by atoms with van der Waals surface area (Å²) in [6, 6.07) is 6.01. The second-order valence-electron chi connectivity index (χ2n) is 1.83. The van der Waals surface area contributed by atoms with Gasteiger partial charge in [-0.3, -0.25) is 10.1 Å². The lowest BCUT2D eigenvalue weighted by molar-refractivity contribution is -0.384. The Balaban J connectivity index is 3.01. The van der Waals surface area contributed by atoms with E-state index >= 15 is 0 Å². The van der Waals surface area contributed by atoms with Gasteiger partial charge in [-0.05, 0) is 6.07 Å². The summed E-state index contributed by atoms with van der Waals surface area (Å²) in [5.74, 6) is 0.486. The maximum Gasteiger partial charge on any atom is 0.273 e. The Labute approximate surface area is 77.0 Å². The largest absolute Gasteiger partial charge is 0.427 e. The Morgan fingerprint density at radius 2 is 2.27 bits per heavy atom. The molecule has 0 aliphatic rings. The maximum absolute atomic E-state index is 10.2. The Morgan fingerprint density at radius 3 is 2.82 bits per heavy atom. The molecule has 0 unspecified atom stereocenters. The lowest BCUT2D eigenvalue weighted by Crippen LogP contribution is -1.86. The lowest BCUT2D eigenvalue weighted by atomic mass is 10.3. The van der Waals surface area contributed by atoms with Crippen LogP contribution in [0.15, 0.2) is 24.3 Å². The standard InChI is InChI=1S/C6H4INO3/c7-11-6-3-1-2-5(4-6)8(9)10/h1-4H. The van der Waals surface area contributed by atoms with Crippen LogP contribution in [0, 0.1) is 10.1 Å². The zero-order valence-corrected chi connectivity index (χ0v) is 7.52. The predicted octanol–water partition coefficient (Wildman–Crippen LogP) is 2.32. The van der Waals surface area contributed by atoms with Crippen LogP contribution >= 0.6 is 23.0 Å². The van der Waals surface area contributed by atoms with Crippen molar-refractivity contribution in [1.82, 2.24) is 0 Å². The van der Waals surface area contributed by atoms with Crippen molar-refractivity contribution in [3.8, 4) is 5.75 Å². The minimum Gasteiger partial charge on any atom is -0.427 e. The molecule has 11 heavy (non-hydrogen) atoms. The van der Waals surface area contributed by atoms with Crippen LogP contribution in [-0.2, 0) is 0 Å². The van der Waals surface area contributed by atoms with Crippen molar-refractivity contribution in [1.29, 1.82) is 0 Å². The Kier molecular flexibility index (Phi) is 2.64. The fourth-order valence-corrected chi connectivity index (χ4v) is 0.919. The number of nitro groups is 1. The van der Waals surface area contributed by atoms with Crippen LogP contribution in [0.4, 0.5) is 5.69 Å². The van der Waals surface area contributed by atoms with E-state index in [-0.39, 0.29) is 5.69 Å². The van der Waals surface area contributed by atoms with Crippen molar-refractivity contribution in [2.24, 2.45) is 0 Å². The average molecular weight is 265 g/mol. The molecule has 1 aromatic rings. The number of nitro benzene ring substituents is 1. The quantitative estimate of drug-likeness (QED) is 0.468. The highest BCUT2D eigenvalue weighted by Crippen LogP contribution is 2.20. The molecule has 0 fully saturated rings. The molecule has 4 nitrogen and oxygen atoms in total. The minimum absolute atomic E-state index is 0.0409. The first-order valence-electron chi connectivity index (χ1n) is 2.77. The van der Waals surface area contributed by atoms with Gasteiger partial charge in [-0.25, -0.2) is 0 Å². The summed E-state index contributed by atoms with van der Waals surface area (Å²) < 4.78 is 4.77. The number of benzene rings is 1. The molecular formula is C6H4INO3. The van der Waals surface area contributed by atoms with Crippen LogP contribution in [0.5, 0.6) is 5.75 Å². The van der Waals surface area contributed by atoms with E-state index in [2.05, 4.69) is 0 Å². The van der Waals surface area contributed by atoms with Crippen LogP contribution in [0.25, 0.3) is 0 Å². The van der Waals surface area contributed by atoms with Gasteiger partial charge in [-0.15, -0.1) is 0 Å². The zero-order chi connectivity index (χ0) is 8.27. The molecule has 0 saturated heterocycles. The molecule has 58 valence electrons. The second-order valence-corrected chi connectivity index (χ2v) is 2.27. The van der Waals surface area contributed by atoms with Gasteiger partial charge in [0.1, 0.15) is 5.75 Å². The Hall–Kier alpha value is -0.850. The second kappa shape index (κ2) is 3.51. The SMILES string of the molecule is O=[N+]([O-])c1cccc(OI)c1. The number of non-ortho nitro benzene ring substituents is 1. The molecule has 0 amide bonds. The fraction of sp³-hybridized carbons (Fsp3) is 0. The molecule has 0 atom stereocenters. The Bertz CT molecular complexity index is 276. The first-order chi connectivity index (χ1) is 5.24. The molecule has 0 aliphatic heterocycles. The van der Waals surface area contributed by atoms with Gasteiger partial charge < -0.3 is 3.07 Å². The highest BCUT2D eigenvalue weighted by atomic mass is 127. The van der Waals surface area contributed by atoms with Gasteiger partial charge in [0, 0.05) is 6.07 Å². The molecule has 0 saturated carbocycles. The molecule has 0 spiro atoms. The van der Waals surface area contributed by atoms with Crippen LogP contribution in [0.2, 0.25) is 0 Å². The smallest absolute Gasteiger partial charge is 0.273 e. The first-order valence-corrected chi connectivity index (χ1v) is 3.65. The lowest BCUT2D eigenvalue weighted by Gasteiger charge is -1.94. The Morgan fingerprint density at radius 1 is 1.55 bits per heavy atom. The van der Waals surface area contributed by atoms with Crippen LogP contribution < -0.4 is 3.07 Å². The maximum atomic E-state index is 10.2. The summed E-state index contributed by atoms with van der Waals surface area (Å²) in [5, 5.41) is 10.2. The molecule has 1 rings (SSSR count). The zero-order valence-electron chi connectivity index (χ0n) is 5.36. The molecule has 0 heterocycles. The molecule has 0 radical (unpaired) electrons. The van der Waals surface area contributed by atoms with Crippen molar-refractivity contribution in [2.45, 2.75) is 0 Å². The highest BCUT2D eigenvalue weighted by Gasteiger charge is 2.04. The van der Waals surface area contributed by atoms with Crippen LogP contribution in [0.3, 0.4) is 0 Å². The summed E-state index contributed by atoms with van der Waals surface area (Å²) in [6.07, 6.45) is 0. The first kappa shape index (κ1) is 8.25. The highest BCUT2D eigenvalue weighted by molar-refractivity contribution is 14.1. The normalized spacial score (nSPS) is 9.18. The van der Waals surface area contributed by atoms with Crippen LogP contribution in [0.1, 0.15) is 0 Å². The van der Waals surface area contributed by atoms with E-state index in [9.17, 15) is 10.1 Å². The molecule has 0 N–H and O–H groups in total. The summed E-state index contributed by atoms with van der Waals surface area (Å²) >= 11 is 1.67. The fourth-order valence-electron chi connectivity index (χ4n) is 0.645. The van der Waals surface area contributed by atoms with Gasteiger partial charge in [-0.1, -0.05) is 6.07 Å². The van der Waals surface area contributed by atoms with Crippen molar-refractivity contribution in [2.75, 3.05) is 0 Å². The van der Waals surface area contributed by atoms with Crippen LogP contribution in [-0.4, -0.2) is 4.92 Å². The summed E-state index contributed by atoms with van der Waals surface area (Å²) in [4.78, 5) is 9.76. The number of nitrogens with zero attached hydrogens (tertiary/aromatic N) is 1. The van der Waals surface area contributed by atoms with E-state index in [0.717, 1.165) is 0 Å². The van der Waals surface area contributed by atoms with E-state index in [1.807, 2.05) is 0 Å². The molecule has 1 aromatic carbocycles. The number of halogens is 1. The predicted molar refractivity (Wildman–Crippen MR) is 47.7 cm³/mol. The molecule has 5 heteroatoms. The molecule has 0 bridgehead atoms. The van der Waals surface area contributed by atoms with Gasteiger partial charge in [0.25, 0.3) is 5.69 Å². The van der Waals surface area contributed by atoms with Gasteiger partial charge >= 0.3 is 0 Å². The number of hydrogen-bond acceptors (Lipinski definition) is 3. The summed E-state index contributed by atoms with van der Waals surface area (Å²) in [6.45, 7) is 0. The number of hydrogen-bond donors (Lipinski definition) is 0. The number of rotatable bonds is 2. The van der Waals surface area contributed by atoms with E-state index in [0.29, 0.717) is 5.75 Å².